The van der Waals surface area contributed by atoms with E-state index in [2.05, 4.69) is 10.4 Å². The van der Waals surface area contributed by atoms with Crippen LogP contribution in [0.4, 0.5) is 5.69 Å². The average Bonchev–Trinajstić information content (AvgIpc) is 3.19. The molecule has 1 heterocycles. The molecule has 0 spiro atoms. The van der Waals surface area contributed by atoms with Gasteiger partial charge in [0, 0.05) is 31.8 Å². The van der Waals surface area contributed by atoms with Crippen LogP contribution in [0.2, 0.25) is 0 Å². The quantitative estimate of drug-likeness (QED) is 0.859. The largest absolute Gasteiger partial charge is 0.461 e. The van der Waals surface area contributed by atoms with Crippen LogP contribution in [-0.2, 0) is 28.0 Å². The highest BCUT2D eigenvalue weighted by molar-refractivity contribution is 5.88. The number of rotatable bonds is 5. The summed E-state index contributed by atoms with van der Waals surface area (Å²) in [5, 5.41) is 6.84. The Kier molecular flexibility index (Phi) is 4.14. The molecular formula is C17H19N3O3. The van der Waals surface area contributed by atoms with Gasteiger partial charge in [0.05, 0.1) is 12.1 Å². The third kappa shape index (κ3) is 3.77. The van der Waals surface area contributed by atoms with Crippen LogP contribution < -0.4 is 5.32 Å². The molecule has 3 rings (SSSR count). The second-order valence-electron chi connectivity index (χ2n) is 5.89. The fraction of sp³-hybridized carbons (Fsp3) is 0.353. The molecule has 0 saturated heterocycles. The summed E-state index contributed by atoms with van der Waals surface area (Å²) in [5.41, 5.74) is 2.64. The first-order valence-corrected chi connectivity index (χ1v) is 7.54. The lowest BCUT2D eigenvalue weighted by Gasteiger charge is -2.07. The number of hydrogen-bond donors (Lipinski definition) is 1. The Morgan fingerprint density at radius 2 is 2.26 bits per heavy atom. The first-order chi connectivity index (χ1) is 11.0. The molecule has 1 aliphatic carbocycles. The summed E-state index contributed by atoms with van der Waals surface area (Å²) in [7, 11) is 1.86. The number of anilines is 1. The molecule has 0 bridgehead atoms. The monoisotopic (exact) mass is 313 g/mol. The first-order valence-electron chi connectivity index (χ1n) is 7.54. The maximum absolute atomic E-state index is 12.1. The second-order valence-corrected chi connectivity index (χ2v) is 5.89. The third-order valence-electron chi connectivity index (χ3n) is 3.87. The molecule has 0 aliphatic heterocycles. The molecule has 2 aromatic rings. The van der Waals surface area contributed by atoms with E-state index in [1.165, 1.54) is 6.92 Å². The lowest BCUT2D eigenvalue weighted by atomic mass is 10.2. The van der Waals surface area contributed by atoms with Crippen molar-refractivity contribution in [1.82, 2.24) is 9.78 Å². The van der Waals surface area contributed by atoms with E-state index in [0.29, 0.717) is 5.69 Å². The van der Waals surface area contributed by atoms with Crippen molar-refractivity contribution >= 4 is 17.6 Å². The smallest absolute Gasteiger partial charge is 0.309 e. The molecular weight excluding hydrogens is 294 g/mol. The van der Waals surface area contributed by atoms with Crippen LogP contribution in [0.5, 0.6) is 0 Å². The molecule has 1 amide bonds. The van der Waals surface area contributed by atoms with Crippen LogP contribution in [-0.4, -0.2) is 21.7 Å². The number of nitrogens with one attached hydrogen (secondary N) is 1. The summed E-state index contributed by atoms with van der Waals surface area (Å²) in [6, 6.07) is 7.29. The van der Waals surface area contributed by atoms with E-state index in [9.17, 15) is 9.59 Å². The van der Waals surface area contributed by atoms with Crippen LogP contribution in [0.25, 0.3) is 0 Å². The Hall–Kier alpha value is -2.63. The number of aryl methyl sites for hydroxylation is 1. The van der Waals surface area contributed by atoms with Crippen LogP contribution in [0.15, 0.2) is 36.7 Å². The molecule has 2 unspecified atom stereocenters. The summed E-state index contributed by atoms with van der Waals surface area (Å²) in [6.45, 7) is 1.67. The number of esters is 1. The summed E-state index contributed by atoms with van der Waals surface area (Å²) in [6.07, 6.45) is 4.56. The van der Waals surface area contributed by atoms with Gasteiger partial charge in [-0.15, -0.1) is 0 Å². The topological polar surface area (TPSA) is 73.2 Å². The third-order valence-corrected chi connectivity index (χ3v) is 3.87. The van der Waals surface area contributed by atoms with Crippen molar-refractivity contribution in [3.05, 3.63) is 47.8 Å². The Morgan fingerprint density at radius 1 is 1.43 bits per heavy atom. The Labute approximate surface area is 134 Å². The first kappa shape index (κ1) is 15.3. The molecule has 1 N–H and O–H groups in total. The van der Waals surface area contributed by atoms with Gasteiger partial charge in [0.25, 0.3) is 0 Å². The minimum atomic E-state index is -0.177. The molecule has 23 heavy (non-hydrogen) atoms. The summed E-state index contributed by atoms with van der Waals surface area (Å²) in [4.78, 5) is 23.2. The Balaban J connectivity index is 1.53. The van der Waals surface area contributed by atoms with E-state index in [-0.39, 0.29) is 30.3 Å². The van der Waals surface area contributed by atoms with Crippen LogP contribution in [0.3, 0.4) is 0 Å². The number of carbonyl (C=O) groups is 2. The number of aromatic nitrogens is 2. The molecule has 1 saturated carbocycles. The van der Waals surface area contributed by atoms with Crippen LogP contribution in [0, 0.1) is 5.92 Å². The van der Waals surface area contributed by atoms with Gasteiger partial charge >= 0.3 is 5.97 Å². The van der Waals surface area contributed by atoms with Crippen LogP contribution >= 0.6 is 0 Å². The van der Waals surface area contributed by atoms with Crippen molar-refractivity contribution in [2.24, 2.45) is 13.0 Å². The predicted octanol–water partition coefficient (Wildman–Crippen LogP) is 2.23. The molecule has 0 radical (unpaired) electrons. The van der Waals surface area contributed by atoms with Crippen molar-refractivity contribution in [3.63, 3.8) is 0 Å². The van der Waals surface area contributed by atoms with Gasteiger partial charge in [-0.2, -0.15) is 5.10 Å². The number of hydrogen-bond acceptors (Lipinski definition) is 4. The van der Waals surface area contributed by atoms with E-state index in [4.69, 9.17) is 4.74 Å². The van der Waals surface area contributed by atoms with Gasteiger partial charge in [0.1, 0.15) is 6.61 Å². The van der Waals surface area contributed by atoms with Gasteiger partial charge < -0.3 is 10.1 Å². The molecule has 120 valence electrons. The van der Waals surface area contributed by atoms with Gasteiger partial charge in [-0.25, -0.2) is 0 Å². The molecule has 6 heteroatoms. The average molecular weight is 313 g/mol. The van der Waals surface area contributed by atoms with Crippen molar-refractivity contribution in [2.45, 2.75) is 25.9 Å². The fourth-order valence-electron chi connectivity index (χ4n) is 2.66. The maximum atomic E-state index is 12.1. The van der Waals surface area contributed by atoms with E-state index in [1.54, 1.807) is 23.0 Å². The minimum Gasteiger partial charge on any atom is -0.461 e. The predicted molar refractivity (Wildman–Crippen MR) is 84.6 cm³/mol. The SMILES string of the molecule is CC(=O)Nc1cccc(COC(=O)C2CC2c2cnn(C)c2)c1. The number of ether oxygens (including phenoxy) is 1. The summed E-state index contributed by atoms with van der Waals surface area (Å²) in [5.74, 6) is -0.153. The van der Waals surface area contributed by atoms with Gasteiger partial charge in [-0.3, -0.25) is 14.3 Å². The zero-order chi connectivity index (χ0) is 16.4. The Morgan fingerprint density at radius 3 is 2.96 bits per heavy atom. The van der Waals surface area contributed by atoms with Gasteiger partial charge in [-0.1, -0.05) is 12.1 Å². The standard InChI is InChI=1S/C17H19N3O3/c1-11(21)19-14-5-3-4-12(6-14)10-23-17(22)16-7-15(16)13-8-18-20(2)9-13/h3-6,8-9,15-16H,7,10H2,1-2H3,(H,19,21). The van der Waals surface area contributed by atoms with Crippen molar-refractivity contribution in [3.8, 4) is 0 Å². The van der Waals surface area contributed by atoms with E-state index in [0.717, 1.165) is 17.5 Å². The lowest BCUT2D eigenvalue weighted by molar-refractivity contribution is -0.146. The van der Waals surface area contributed by atoms with Crippen molar-refractivity contribution < 1.29 is 14.3 Å². The van der Waals surface area contributed by atoms with Crippen molar-refractivity contribution in [2.75, 3.05) is 5.32 Å². The Bertz CT molecular complexity index is 738. The maximum Gasteiger partial charge on any atom is 0.309 e. The van der Waals surface area contributed by atoms with Gasteiger partial charge in [0.2, 0.25) is 5.91 Å². The number of benzene rings is 1. The van der Waals surface area contributed by atoms with E-state index in [1.807, 2.05) is 25.4 Å². The molecule has 2 atom stereocenters. The highest BCUT2D eigenvalue weighted by atomic mass is 16.5. The summed E-state index contributed by atoms with van der Waals surface area (Å²) >= 11 is 0. The minimum absolute atomic E-state index is 0.0715. The van der Waals surface area contributed by atoms with Gasteiger partial charge in [0.15, 0.2) is 0 Å². The van der Waals surface area contributed by atoms with Crippen molar-refractivity contribution in [1.29, 1.82) is 0 Å². The fourth-order valence-corrected chi connectivity index (χ4v) is 2.66. The molecule has 1 aliphatic rings. The zero-order valence-corrected chi connectivity index (χ0v) is 13.2. The molecule has 1 fully saturated rings. The molecule has 6 nitrogen and oxygen atoms in total. The van der Waals surface area contributed by atoms with Gasteiger partial charge in [-0.05, 0) is 29.7 Å². The highest BCUT2D eigenvalue weighted by Crippen LogP contribution is 2.48. The number of carbonyl (C=O) groups excluding carboxylic acids is 2. The highest BCUT2D eigenvalue weighted by Gasteiger charge is 2.45. The second kappa shape index (κ2) is 6.24. The number of amides is 1. The lowest BCUT2D eigenvalue weighted by Crippen LogP contribution is -2.09. The molecule has 1 aromatic carbocycles. The van der Waals surface area contributed by atoms with E-state index >= 15 is 0 Å². The summed E-state index contributed by atoms with van der Waals surface area (Å²) < 4.78 is 7.13. The molecule has 1 aromatic heterocycles. The normalized spacial score (nSPS) is 19.2. The number of nitrogens with zero attached hydrogens (tertiary/aromatic N) is 2. The van der Waals surface area contributed by atoms with Crippen LogP contribution in [0.1, 0.15) is 30.4 Å². The van der Waals surface area contributed by atoms with E-state index < -0.39 is 0 Å². The zero-order valence-electron chi connectivity index (χ0n) is 13.2.